The van der Waals surface area contributed by atoms with Crippen LogP contribution in [0.25, 0.3) is 0 Å². The van der Waals surface area contributed by atoms with E-state index >= 15 is 0 Å². The van der Waals surface area contributed by atoms with Crippen LogP contribution in [0, 0.1) is 5.92 Å². The highest BCUT2D eigenvalue weighted by atomic mass is 32.2. The summed E-state index contributed by atoms with van der Waals surface area (Å²) in [6, 6.07) is 1.29. The Labute approximate surface area is 117 Å². The number of hydrogen-bond donors (Lipinski definition) is 1. The topological polar surface area (TPSA) is 79.5 Å². The Kier molecular flexibility index (Phi) is 3.66. The zero-order valence-electron chi connectivity index (χ0n) is 11.1. The summed E-state index contributed by atoms with van der Waals surface area (Å²) in [5.41, 5.74) is -0.461. The van der Waals surface area contributed by atoms with Crippen LogP contribution in [-0.2, 0) is 14.8 Å². The molecule has 1 aliphatic carbocycles. The summed E-state index contributed by atoms with van der Waals surface area (Å²) in [5, 5.41) is 0. The summed E-state index contributed by atoms with van der Waals surface area (Å²) in [4.78, 5) is 14.3. The van der Waals surface area contributed by atoms with E-state index in [1.165, 1.54) is 22.8 Å². The zero-order valence-corrected chi connectivity index (χ0v) is 11.9. The Balaban J connectivity index is 1.90. The van der Waals surface area contributed by atoms with Gasteiger partial charge in [-0.3, -0.25) is 4.79 Å². The van der Waals surface area contributed by atoms with Gasteiger partial charge in [0.2, 0.25) is 15.5 Å². The Bertz CT molecular complexity index is 630. The average molecular weight is 298 g/mol. The summed E-state index contributed by atoms with van der Waals surface area (Å²) in [6.45, 7) is 1.74. The van der Waals surface area contributed by atoms with Gasteiger partial charge in [-0.1, -0.05) is 0 Å². The van der Waals surface area contributed by atoms with Gasteiger partial charge in [-0.25, -0.2) is 8.42 Å². The molecule has 0 aromatic carbocycles. The molecule has 6 nitrogen and oxygen atoms in total. The molecule has 1 aromatic rings. The SMILES string of the molecule is O=c1cc[nH]cc1S(=O)(=O)N(CC1CCOC1)C1CC1. The first-order valence-corrected chi connectivity index (χ1v) is 8.30. The third kappa shape index (κ3) is 2.65. The Hall–Kier alpha value is -1.18. The lowest BCUT2D eigenvalue weighted by atomic mass is 10.1. The molecule has 1 unspecified atom stereocenters. The molecule has 0 radical (unpaired) electrons. The number of nitrogens with one attached hydrogen (secondary N) is 1. The monoisotopic (exact) mass is 298 g/mol. The molecule has 1 saturated heterocycles. The van der Waals surface area contributed by atoms with Gasteiger partial charge in [0.15, 0.2) is 0 Å². The number of aromatic nitrogens is 1. The fourth-order valence-corrected chi connectivity index (χ4v) is 4.32. The molecule has 1 aromatic heterocycles. The quantitative estimate of drug-likeness (QED) is 0.861. The van der Waals surface area contributed by atoms with E-state index in [0.29, 0.717) is 19.8 Å². The van der Waals surface area contributed by atoms with Crippen LogP contribution in [0.3, 0.4) is 0 Å². The van der Waals surface area contributed by atoms with Crippen molar-refractivity contribution >= 4 is 10.0 Å². The van der Waals surface area contributed by atoms with Crippen LogP contribution in [0.1, 0.15) is 19.3 Å². The van der Waals surface area contributed by atoms with Crippen LogP contribution in [0.5, 0.6) is 0 Å². The van der Waals surface area contributed by atoms with E-state index in [4.69, 9.17) is 4.74 Å². The first-order chi connectivity index (χ1) is 9.59. The van der Waals surface area contributed by atoms with E-state index in [-0.39, 0.29) is 16.9 Å². The van der Waals surface area contributed by atoms with Crippen molar-refractivity contribution in [3.05, 3.63) is 28.7 Å². The molecule has 2 aliphatic rings. The van der Waals surface area contributed by atoms with E-state index < -0.39 is 15.5 Å². The fourth-order valence-electron chi connectivity index (χ4n) is 2.52. The van der Waals surface area contributed by atoms with Crippen molar-refractivity contribution in [1.82, 2.24) is 9.29 Å². The maximum Gasteiger partial charge on any atom is 0.248 e. The molecule has 2 fully saturated rings. The van der Waals surface area contributed by atoms with Crippen molar-refractivity contribution in [1.29, 1.82) is 0 Å². The van der Waals surface area contributed by atoms with Crippen molar-refractivity contribution < 1.29 is 13.2 Å². The van der Waals surface area contributed by atoms with Crippen LogP contribution in [-0.4, -0.2) is 43.5 Å². The lowest BCUT2D eigenvalue weighted by molar-refractivity contribution is 0.180. The minimum atomic E-state index is -3.72. The molecule has 1 N–H and O–H groups in total. The average Bonchev–Trinajstić information content (AvgIpc) is 3.12. The van der Waals surface area contributed by atoms with Gasteiger partial charge < -0.3 is 9.72 Å². The van der Waals surface area contributed by atoms with Gasteiger partial charge in [0, 0.05) is 37.7 Å². The number of pyridine rings is 1. The highest BCUT2D eigenvalue weighted by Gasteiger charge is 2.40. The van der Waals surface area contributed by atoms with E-state index in [0.717, 1.165) is 19.3 Å². The predicted octanol–water partition coefficient (Wildman–Crippen LogP) is 0.565. The summed E-state index contributed by atoms with van der Waals surface area (Å²) in [5.74, 6) is 0.230. The van der Waals surface area contributed by atoms with E-state index in [1.807, 2.05) is 0 Å². The summed E-state index contributed by atoms with van der Waals surface area (Å²) < 4.78 is 32.2. The number of sulfonamides is 1. The minimum absolute atomic E-state index is 0.0419. The normalized spacial score (nSPS) is 23.4. The first-order valence-electron chi connectivity index (χ1n) is 6.86. The molecule has 110 valence electrons. The number of aromatic amines is 1. The third-order valence-corrected chi connectivity index (χ3v) is 5.73. The second kappa shape index (κ2) is 5.31. The predicted molar refractivity (Wildman–Crippen MR) is 72.9 cm³/mol. The molecule has 7 heteroatoms. The van der Waals surface area contributed by atoms with Crippen LogP contribution >= 0.6 is 0 Å². The number of H-pyrrole nitrogens is 1. The lowest BCUT2D eigenvalue weighted by Gasteiger charge is -2.24. The third-order valence-electron chi connectivity index (χ3n) is 3.79. The van der Waals surface area contributed by atoms with E-state index in [9.17, 15) is 13.2 Å². The largest absolute Gasteiger partial charge is 0.381 e. The van der Waals surface area contributed by atoms with Crippen LogP contribution in [0.4, 0.5) is 0 Å². The van der Waals surface area contributed by atoms with Gasteiger partial charge >= 0.3 is 0 Å². The Morgan fingerprint density at radius 2 is 2.15 bits per heavy atom. The van der Waals surface area contributed by atoms with Gasteiger partial charge in [0.25, 0.3) is 0 Å². The summed E-state index contributed by atoms with van der Waals surface area (Å²) in [7, 11) is -3.72. The zero-order chi connectivity index (χ0) is 14.2. The molecule has 0 bridgehead atoms. The Morgan fingerprint density at radius 3 is 2.75 bits per heavy atom. The second-order valence-electron chi connectivity index (χ2n) is 5.41. The van der Waals surface area contributed by atoms with Gasteiger partial charge in [-0.05, 0) is 25.2 Å². The second-order valence-corrected chi connectivity index (χ2v) is 7.27. The highest BCUT2D eigenvalue weighted by Crippen LogP contribution is 2.33. The fraction of sp³-hybridized carbons (Fsp3) is 0.615. The molecule has 0 spiro atoms. The maximum atomic E-state index is 12.7. The molecule has 1 atom stereocenters. The smallest absolute Gasteiger partial charge is 0.248 e. The Morgan fingerprint density at radius 1 is 1.35 bits per heavy atom. The number of hydrogen-bond acceptors (Lipinski definition) is 4. The molecule has 1 saturated carbocycles. The molecule has 2 heterocycles. The molecule has 20 heavy (non-hydrogen) atoms. The van der Waals surface area contributed by atoms with E-state index in [1.54, 1.807) is 0 Å². The maximum absolute atomic E-state index is 12.7. The van der Waals surface area contributed by atoms with Crippen LogP contribution in [0.15, 0.2) is 28.2 Å². The van der Waals surface area contributed by atoms with Crippen molar-refractivity contribution in [3.8, 4) is 0 Å². The number of ether oxygens (including phenoxy) is 1. The molecule has 1 aliphatic heterocycles. The van der Waals surface area contributed by atoms with Crippen molar-refractivity contribution in [2.75, 3.05) is 19.8 Å². The number of nitrogens with zero attached hydrogens (tertiary/aromatic N) is 1. The van der Waals surface area contributed by atoms with Gasteiger partial charge in [-0.15, -0.1) is 0 Å². The summed E-state index contributed by atoms with van der Waals surface area (Å²) >= 11 is 0. The van der Waals surface area contributed by atoms with Gasteiger partial charge in [0.05, 0.1) is 6.61 Å². The van der Waals surface area contributed by atoms with Crippen molar-refractivity contribution in [2.24, 2.45) is 5.92 Å². The van der Waals surface area contributed by atoms with Crippen LogP contribution in [0.2, 0.25) is 0 Å². The standard InChI is InChI=1S/C13H18N2O4S/c16-12-3-5-14-7-13(12)20(17,18)15(11-1-2-11)8-10-4-6-19-9-10/h3,5,7,10-11H,1-2,4,6,8-9H2,(H,14,16). The van der Waals surface area contributed by atoms with Crippen molar-refractivity contribution in [3.63, 3.8) is 0 Å². The van der Waals surface area contributed by atoms with Gasteiger partial charge in [0.1, 0.15) is 4.90 Å². The van der Waals surface area contributed by atoms with Crippen LogP contribution < -0.4 is 5.43 Å². The van der Waals surface area contributed by atoms with Crippen molar-refractivity contribution in [2.45, 2.75) is 30.2 Å². The first kappa shape index (κ1) is 13.8. The molecule has 0 amide bonds. The molecular formula is C13H18N2O4S. The van der Waals surface area contributed by atoms with Gasteiger partial charge in [-0.2, -0.15) is 4.31 Å². The lowest BCUT2D eigenvalue weighted by Crippen LogP contribution is -2.39. The van der Waals surface area contributed by atoms with E-state index in [2.05, 4.69) is 4.98 Å². The minimum Gasteiger partial charge on any atom is -0.381 e. The number of rotatable bonds is 5. The molecular weight excluding hydrogens is 280 g/mol. The molecule has 3 rings (SSSR count). The highest BCUT2D eigenvalue weighted by molar-refractivity contribution is 7.89. The summed E-state index contributed by atoms with van der Waals surface area (Å²) in [6.07, 6.45) is 5.34.